The van der Waals surface area contributed by atoms with Crippen molar-refractivity contribution >= 4 is 65.9 Å². The van der Waals surface area contributed by atoms with E-state index in [1.807, 2.05) is 60.7 Å². The van der Waals surface area contributed by atoms with E-state index >= 15 is 0 Å². The Kier molecular flexibility index (Phi) is 23.4. The van der Waals surface area contributed by atoms with Crippen LogP contribution in [0.25, 0.3) is 0 Å². The SMILES string of the molecule is CC(=O)OC(Oc1ccccc1[S+](c1ccccc1)c1ccccc1OC(OC(C)=O)C12CC3CC(CC(C3)C1C)C2)C12CC3CC(CC(C3)C1C)C2.CC(=O)OC(Oc1ccccc1[S+](c1ccccc1)c1ccccc1OC(OC(C)=O)C12CC3CC(CC(C3)C1C)C2)C12CC3CC(CC(C3)C1C)C2.CC(S(=O)(=O)[O-])S(=O)(=O)[O-]. The van der Waals surface area contributed by atoms with E-state index < -0.39 is 71.8 Å². The summed E-state index contributed by atoms with van der Waals surface area (Å²) in [7, 11) is -11.4. The fourth-order valence-corrected chi connectivity index (χ4v) is 31.7. The van der Waals surface area contributed by atoms with E-state index in [-0.39, 0.29) is 45.5 Å². The second-order valence-electron chi connectivity index (χ2n) is 37.3. The number of rotatable bonds is 24. The Morgan fingerprint density at radius 3 is 0.690 bits per heavy atom. The van der Waals surface area contributed by atoms with Gasteiger partial charge in [-0.25, -0.2) is 16.8 Å². The fourth-order valence-electron chi connectivity index (χ4n) is 26.0. The molecule has 16 fully saturated rings. The Morgan fingerprint density at radius 1 is 0.319 bits per heavy atom. The number of carbonyl (C=O) groups is 4. The molecule has 0 radical (unpaired) electrons. The first-order chi connectivity index (χ1) is 55.4. The van der Waals surface area contributed by atoms with Crippen LogP contribution in [0.2, 0.25) is 0 Å². The highest BCUT2D eigenvalue weighted by atomic mass is 32.3. The van der Waals surface area contributed by atoms with Crippen LogP contribution >= 0.6 is 0 Å². The molecule has 18 nitrogen and oxygen atoms in total. The van der Waals surface area contributed by atoms with E-state index in [2.05, 4.69) is 125 Å². The molecule has 622 valence electrons. The molecule has 116 heavy (non-hydrogen) atoms. The van der Waals surface area contributed by atoms with Crippen molar-refractivity contribution in [2.24, 2.45) is 116 Å². The summed E-state index contributed by atoms with van der Waals surface area (Å²) < 4.78 is 110. The molecule has 16 unspecified atom stereocenters. The first-order valence-electron chi connectivity index (χ1n) is 42.6. The van der Waals surface area contributed by atoms with Crippen molar-refractivity contribution in [3.8, 4) is 23.0 Å². The monoisotopic (exact) mass is 1660 g/mol. The number of esters is 4. The van der Waals surface area contributed by atoms with Gasteiger partial charge >= 0.3 is 23.9 Å². The standard InChI is InChI=1S/2C46H55O6S.C2H6O6S2/c2*1-28-36-20-32-18-33(21-36)25-45(28,24-32)43(49-30(3)47)51-39-14-8-10-16-41(39)53(38-12-6-5-7-13-38)42-17-11-9-15-40(42)52-44(50-31(4)48)46-26-34-19-35(27-46)23-37(22-34)29(46)2;1-2(9(3,4)5)10(6,7)8/h2*5-17,28-29,32-37,43-44H,18-27H2,1-4H3;2H,1H3,(H,3,4,5)(H,6,7,8)/q2*+1;/p-2. The van der Waals surface area contributed by atoms with Crippen molar-refractivity contribution in [1.29, 1.82) is 0 Å². The minimum Gasteiger partial charge on any atom is -0.747 e. The molecule has 0 heterocycles. The van der Waals surface area contributed by atoms with Crippen molar-refractivity contribution in [2.45, 2.75) is 250 Å². The van der Waals surface area contributed by atoms with E-state index in [9.17, 15) is 45.1 Å². The first kappa shape index (κ1) is 82.6. The van der Waals surface area contributed by atoms with Gasteiger partial charge in [-0.2, -0.15) is 0 Å². The lowest BCUT2D eigenvalue weighted by atomic mass is 9.45. The highest BCUT2D eigenvalue weighted by Crippen LogP contribution is 2.69. The summed E-state index contributed by atoms with van der Waals surface area (Å²) in [6.07, 6.45) is 21.1. The van der Waals surface area contributed by atoms with E-state index in [1.165, 1.54) is 105 Å². The van der Waals surface area contributed by atoms with Crippen LogP contribution in [0.4, 0.5) is 0 Å². The van der Waals surface area contributed by atoms with Gasteiger partial charge in [-0.15, -0.1) is 0 Å². The molecular formula is C94H114O18S4. The summed E-state index contributed by atoms with van der Waals surface area (Å²) in [4.78, 5) is 57.6. The van der Waals surface area contributed by atoms with Gasteiger partial charge < -0.3 is 47.0 Å². The molecule has 6 aromatic rings. The lowest BCUT2D eigenvalue weighted by Crippen LogP contribution is -2.59. The zero-order valence-corrected chi connectivity index (χ0v) is 71.5. The molecule has 16 aliphatic rings. The number of benzene rings is 6. The van der Waals surface area contributed by atoms with Crippen LogP contribution in [0, 0.1) is 116 Å². The number of para-hydroxylation sites is 4. The molecule has 0 aliphatic heterocycles. The van der Waals surface area contributed by atoms with Gasteiger partial charge in [0, 0.05) is 49.4 Å². The quantitative estimate of drug-likeness (QED) is 0.0179. The number of hydrogen-bond donors (Lipinski definition) is 0. The molecule has 0 saturated heterocycles. The third-order valence-corrected chi connectivity index (χ3v) is 38.1. The fraction of sp³-hybridized carbons (Fsp3) is 0.574. The molecule has 16 saturated carbocycles. The van der Waals surface area contributed by atoms with Gasteiger partial charge in [0.2, 0.25) is 44.7 Å². The number of ether oxygens (including phenoxy) is 8. The maximum Gasteiger partial charge on any atom is 0.305 e. The predicted octanol–water partition coefficient (Wildman–Crippen LogP) is 18.9. The van der Waals surface area contributed by atoms with Crippen LogP contribution in [0.15, 0.2) is 187 Å². The van der Waals surface area contributed by atoms with Crippen molar-refractivity contribution in [1.82, 2.24) is 0 Å². The minimum absolute atomic E-state index is 0.203. The van der Waals surface area contributed by atoms with Crippen LogP contribution in [-0.4, -0.2) is 79.6 Å². The second-order valence-corrected chi connectivity index (χ2v) is 44.9. The highest BCUT2D eigenvalue weighted by molar-refractivity contribution is 8.03. The van der Waals surface area contributed by atoms with Gasteiger partial charge in [-0.3, -0.25) is 19.2 Å². The minimum atomic E-state index is -5.01. The Balaban J connectivity index is 0.000000156. The summed E-state index contributed by atoms with van der Waals surface area (Å²) in [6, 6.07) is 54.3. The molecule has 16 bridgehead atoms. The topological polar surface area (TPSA) is 257 Å². The summed E-state index contributed by atoms with van der Waals surface area (Å²) >= 11 is 0. The molecule has 0 aromatic heterocycles. The molecule has 16 atom stereocenters. The second kappa shape index (κ2) is 32.8. The van der Waals surface area contributed by atoms with Crippen LogP contribution in [0.5, 0.6) is 23.0 Å². The van der Waals surface area contributed by atoms with Gasteiger partial charge in [0.05, 0.1) is 0 Å². The molecular weight excluding hydrogens is 1550 g/mol. The largest absolute Gasteiger partial charge is 0.747 e. The molecule has 22 heteroatoms. The van der Waals surface area contributed by atoms with Crippen LogP contribution in [0.3, 0.4) is 0 Å². The number of carbonyl (C=O) groups excluding carboxylic acids is 4. The summed E-state index contributed by atoms with van der Waals surface area (Å²) in [5.41, 5.74) is -0.811. The molecule has 6 aromatic carbocycles. The van der Waals surface area contributed by atoms with Gasteiger partial charge in [0.15, 0.2) is 32.8 Å². The Hall–Kier alpha value is -7.08. The van der Waals surface area contributed by atoms with Gasteiger partial charge in [-0.1, -0.05) is 113 Å². The lowest BCUT2D eigenvalue weighted by Gasteiger charge is -2.61. The third-order valence-electron chi connectivity index (χ3n) is 30.5. The zero-order chi connectivity index (χ0) is 81.5. The van der Waals surface area contributed by atoms with Gasteiger partial charge in [0.1, 0.15) is 46.6 Å². The van der Waals surface area contributed by atoms with E-state index in [4.69, 9.17) is 37.9 Å². The maximum absolute atomic E-state index is 12.8. The molecule has 22 rings (SSSR count). The summed E-state index contributed by atoms with van der Waals surface area (Å²) in [5, 5.41) is 0. The average molecular weight is 1660 g/mol. The smallest absolute Gasteiger partial charge is 0.305 e. The van der Waals surface area contributed by atoms with Crippen LogP contribution < -0.4 is 18.9 Å². The average Bonchev–Trinajstić information content (AvgIpc) is 0.733. The zero-order valence-electron chi connectivity index (χ0n) is 68.3. The van der Waals surface area contributed by atoms with Gasteiger partial charge in [0.25, 0.3) is 0 Å². The summed E-state index contributed by atoms with van der Waals surface area (Å²) in [6.45, 7) is 16.1. The normalized spacial score (nSPS) is 34.4. The predicted molar refractivity (Wildman–Crippen MR) is 437 cm³/mol. The van der Waals surface area contributed by atoms with E-state index in [1.54, 1.807) is 0 Å². The maximum atomic E-state index is 12.8. The van der Waals surface area contributed by atoms with Crippen LogP contribution in [-0.2, 0) is 80.2 Å². The van der Waals surface area contributed by atoms with Gasteiger partial charge in [-0.05, 0) is 303 Å². The Bertz CT molecular complexity index is 4240. The molecule has 0 N–H and O–H groups in total. The van der Waals surface area contributed by atoms with Crippen LogP contribution in [0.1, 0.15) is 191 Å². The Labute approximate surface area is 691 Å². The van der Waals surface area contributed by atoms with E-state index in [0.717, 1.165) is 104 Å². The highest BCUT2D eigenvalue weighted by Gasteiger charge is 2.66. The van der Waals surface area contributed by atoms with Crippen molar-refractivity contribution in [3.63, 3.8) is 0 Å². The van der Waals surface area contributed by atoms with Crippen molar-refractivity contribution in [3.05, 3.63) is 158 Å². The molecule has 0 amide bonds. The van der Waals surface area contributed by atoms with E-state index in [0.29, 0.717) is 102 Å². The van der Waals surface area contributed by atoms with Crippen molar-refractivity contribution < 1.29 is 83.0 Å². The molecule has 0 spiro atoms. The third kappa shape index (κ3) is 16.1. The summed E-state index contributed by atoms with van der Waals surface area (Å²) in [5.74, 6) is 11.4. The Morgan fingerprint density at radius 2 is 0.509 bits per heavy atom. The lowest BCUT2D eigenvalue weighted by molar-refractivity contribution is -0.235. The van der Waals surface area contributed by atoms with Crippen molar-refractivity contribution in [2.75, 3.05) is 0 Å². The number of hydrogen-bond acceptors (Lipinski definition) is 18. The molecule has 16 aliphatic carbocycles. The first-order valence-corrected chi connectivity index (χ1v) is 48.0.